The molecule has 1 aromatic rings. The minimum Gasteiger partial charge on any atom is -0.479 e. The van der Waals surface area contributed by atoms with Gasteiger partial charge in [-0.05, 0) is 17.7 Å². The van der Waals surface area contributed by atoms with Gasteiger partial charge in [0.15, 0.2) is 24.6 Å². The zero-order valence-corrected chi connectivity index (χ0v) is 23.9. The monoisotopic (exact) mass is 612 g/mol. The van der Waals surface area contributed by atoms with Crippen molar-refractivity contribution in [3.05, 3.63) is 40.8 Å². The van der Waals surface area contributed by atoms with Crippen LogP contribution in [0.25, 0.3) is 10.4 Å². The number of hydrogen-bond acceptors (Lipinski definition) is 14. The maximum atomic E-state index is 12.1. The summed E-state index contributed by atoms with van der Waals surface area (Å²) in [6.45, 7) is 2.89. The van der Waals surface area contributed by atoms with Crippen molar-refractivity contribution >= 4 is 35.6 Å². The second-order valence-corrected chi connectivity index (χ2v) is 10.4. The van der Waals surface area contributed by atoms with Crippen molar-refractivity contribution in [2.45, 2.75) is 86.1 Å². The summed E-state index contributed by atoms with van der Waals surface area (Å²) in [6, 6.07) is 6.32. The summed E-state index contributed by atoms with van der Waals surface area (Å²) in [5.41, 5.74) is 14.8. The molecule has 2 fully saturated rings. The average molecular weight is 613 g/mol. The van der Waals surface area contributed by atoms with Gasteiger partial charge in [0.05, 0.1) is 6.04 Å². The number of azide groups is 1. The van der Waals surface area contributed by atoms with Gasteiger partial charge < -0.3 is 44.0 Å². The Morgan fingerprint density at radius 3 is 2.19 bits per heavy atom. The second-order valence-electron chi connectivity index (χ2n) is 9.26. The molecule has 1 aromatic carbocycles. The number of methoxy groups -OCH3 is 1. The van der Waals surface area contributed by atoms with Crippen molar-refractivity contribution < 1.29 is 57.4 Å². The smallest absolute Gasteiger partial charge is 0.335 e. The van der Waals surface area contributed by atoms with Gasteiger partial charge in [0.1, 0.15) is 36.4 Å². The summed E-state index contributed by atoms with van der Waals surface area (Å²) in [5, 5.41) is 13.5. The van der Waals surface area contributed by atoms with Gasteiger partial charge in [-0.15, -0.1) is 0 Å². The second kappa shape index (κ2) is 15.2. The third kappa shape index (κ3) is 8.32. The number of hydrogen-bond donors (Lipinski definition) is 2. The zero-order valence-electron chi connectivity index (χ0n) is 23.1. The van der Waals surface area contributed by atoms with E-state index in [0.29, 0.717) is 4.90 Å². The van der Waals surface area contributed by atoms with Crippen molar-refractivity contribution in [1.29, 1.82) is 0 Å². The molecule has 0 radical (unpaired) electrons. The Hall–Kier alpha value is -3.44. The first-order chi connectivity index (χ1) is 20.0. The van der Waals surface area contributed by atoms with Crippen LogP contribution in [0.15, 0.2) is 40.3 Å². The molecule has 3 N–H and O–H groups in total. The predicted molar refractivity (Wildman–Crippen MR) is 142 cm³/mol. The molecular weight excluding hydrogens is 580 g/mol. The highest BCUT2D eigenvalue weighted by Gasteiger charge is 2.54. The van der Waals surface area contributed by atoms with Gasteiger partial charge in [0.25, 0.3) is 0 Å². The van der Waals surface area contributed by atoms with Crippen LogP contribution in [0.5, 0.6) is 0 Å². The molecule has 2 aliphatic rings. The van der Waals surface area contributed by atoms with Gasteiger partial charge in [-0.3, -0.25) is 14.4 Å². The number of carboxylic acid groups (broad SMARTS) is 1. The predicted octanol–water partition coefficient (Wildman–Crippen LogP) is 1.15. The number of ether oxygens (including phenoxy) is 7. The maximum Gasteiger partial charge on any atom is 0.335 e. The van der Waals surface area contributed by atoms with E-state index in [1.807, 2.05) is 0 Å². The van der Waals surface area contributed by atoms with Crippen LogP contribution in [-0.4, -0.2) is 103 Å². The fourth-order valence-corrected chi connectivity index (χ4v) is 5.70. The summed E-state index contributed by atoms with van der Waals surface area (Å²) in [5.74, 6) is -3.57. The summed E-state index contributed by atoms with van der Waals surface area (Å²) in [6.07, 6.45) is -9.36. The number of carboxylic acids is 1. The molecular formula is C25H32N4O12S. The van der Waals surface area contributed by atoms with Gasteiger partial charge in [0, 0.05) is 37.7 Å². The molecule has 0 spiro atoms. The fourth-order valence-electron chi connectivity index (χ4n) is 4.57. The first kappa shape index (κ1) is 33.1. The van der Waals surface area contributed by atoms with E-state index in [0.717, 1.165) is 32.5 Å². The highest BCUT2D eigenvalue weighted by molar-refractivity contribution is 7.99. The molecule has 0 aliphatic carbocycles. The van der Waals surface area contributed by atoms with E-state index in [1.54, 1.807) is 30.3 Å². The molecule has 0 amide bonds. The van der Waals surface area contributed by atoms with E-state index in [-0.39, 0.29) is 0 Å². The van der Waals surface area contributed by atoms with E-state index < -0.39 is 90.9 Å². The van der Waals surface area contributed by atoms with Crippen molar-refractivity contribution in [2.75, 3.05) is 13.7 Å². The molecule has 2 aliphatic heterocycles. The van der Waals surface area contributed by atoms with Crippen molar-refractivity contribution in [3.8, 4) is 0 Å². The number of aliphatic carboxylic acids is 1. The zero-order chi connectivity index (χ0) is 31.0. The molecule has 10 atom stereocenters. The number of esters is 3. The lowest BCUT2D eigenvalue weighted by Crippen LogP contribution is -2.67. The van der Waals surface area contributed by atoms with E-state index >= 15 is 0 Å². The number of rotatable bonds is 11. The maximum absolute atomic E-state index is 12.1. The Morgan fingerprint density at radius 1 is 1.00 bits per heavy atom. The lowest BCUT2D eigenvalue weighted by atomic mass is 9.95. The van der Waals surface area contributed by atoms with E-state index in [4.69, 9.17) is 38.9 Å². The topological polar surface area (TPSA) is 228 Å². The van der Waals surface area contributed by atoms with Crippen molar-refractivity contribution in [2.24, 2.45) is 10.8 Å². The minimum absolute atomic E-state index is 0.453. The van der Waals surface area contributed by atoms with Crippen molar-refractivity contribution in [1.82, 2.24) is 0 Å². The Balaban J connectivity index is 2.04. The van der Waals surface area contributed by atoms with Crippen molar-refractivity contribution in [3.63, 3.8) is 0 Å². The summed E-state index contributed by atoms with van der Waals surface area (Å²) >= 11 is 1.12. The Bertz CT molecular complexity index is 1170. The minimum atomic E-state index is -1.53. The van der Waals surface area contributed by atoms with Crippen LogP contribution in [0.1, 0.15) is 20.8 Å². The largest absolute Gasteiger partial charge is 0.479 e. The number of nitrogens with two attached hydrogens (primary N) is 1. The first-order valence-electron chi connectivity index (χ1n) is 12.7. The Labute approximate surface area is 244 Å². The van der Waals surface area contributed by atoms with E-state index in [2.05, 4.69) is 10.0 Å². The van der Waals surface area contributed by atoms with Crippen LogP contribution < -0.4 is 5.73 Å². The lowest BCUT2D eigenvalue weighted by Gasteiger charge is -2.47. The van der Waals surface area contributed by atoms with Gasteiger partial charge in [0.2, 0.25) is 0 Å². The quantitative estimate of drug-likeness (QED) is 0.117. The van der Waals surface area contributed by atoms with Crippen LogP contribution >= 0.6 is 11.8 Å². The molecule has 230 valence electrons. The summed E-state index contributed by atoms with van der Waals surface area (Å²) < 4.78 is 39.4. The van der Waals surface area contributed by atoms with Gasteiger partial charge in [-0.1, -0.05) is 35.1 Å². The molecule has 2 saturated heterocycles. The average Bonchev–Trinajstić information content (AvgIpc) is 2.92. The molecule has 0 saturated carbocycles. The van der Waals surface area contributed by atoms with Crippen LogP contribution in [-0.2, 0) is 52.3 Å². The van der Waals surface area contributed by atoms with Crippen LogP contribution in [0, 0.1) is 0 Å². The number of carbonyl (C=O) groups excluding carboxylic acids is 3. The summed E-state index contributed by atoms with van der Waals surface area (Å²) in [4.78, 5) is 51.1. The van der Waals surface area contributed by atoms with Gasteiger partial charge in [-0.25, -0.2) is 4.79 Å². The molecule has 0 aromatic heterocycles. The molecule has 17 heteroatoms. The fraction of sp³-hybridized carbons (Fsp3) is 0.600. The normalized spacial score (nSPS) is 32.6. The van der Waals surface area contributed by atoms with Crippen LogP contribution in [0.3, 0.4) is 0 Å². The highest BCUT2D eigenvalue weighted by Crippen LogP contribution is 2.38. The Kier molecular flexibility index (Phi) is 11.9. The SMILES string of the molecule is CO[C@H]1[C@H](N)[C@@H](O[C@H]2O[C@H](COC(C)=O)[C@@H](OC(C)=O)[C@H](OC(C)=O)[C@H]2N=[N+]=[N-])[C@H](Sc2ccccc2)O[C@@H]1C(=O)O. The number of thioether (sulfide) groups is 1. The molecule has 3 rings (SSSR count). The van der Waals surface area contributed by atoms with E-state index in [9.17, 15) is 29.8 Å². The molecule has 16 nitrogen and oxygen atoms in total. The van der Waals surface area contributed by atoms with Crippen LogP contribution in [0.4, 0.5) is 0 Å². The van der Waals surface area contributed by atoms with Crippen LogP contribution in [0.2, 0.25) is 0 Å². The third-order valence-corrected chi connectivity index (χ3v) is 7.42. The number of carbonyl (C=O) groups is 4. The highest BCUT2D eigenvalue weighted by atomic mass is 32.2. The van der Waals surface area contributed by atoms with Gasteiger partial charge >= 0.3 is 23.9 Å². The Morgan fingerprint density at radius 2 is 1.64 bits per heavy atom. The lowest BCUT2D eigenvalue weighted by molar-refractivity contribution is -0.300. The summed E-state index contributed by atoms with van der Waals surface area (Å²) in [7, 11) is 1.26. The first-order valence-corrected chi connectivity index (χ1v) is 13.6. The molecule has 0 unspecified atom stereocenters. The molecule has 0 bridgehead atoms. The number of nitrogens with zero attached hydrogens (tertiary/aromatic N) is 3. The molecule has 42 heavy (non-hydrogen) atoms. The number of benzene rings is 1. The molecule has 2 heterocycles. The van der Waals surface area contributed by atoms with E-state index in [1.165, 1.54) is 7.11 Å². The third-order valence-electron chi connectivity index (χ3n) is 6.26. The van der Waals surface area contributed by atoms with Gasteiger partial charge in [-0.2, -0.15) is 0 Å². The standard InChI is InChI=1S/C25H32N4O12S/c1-11(30)36-10-15-18(37-12(2)31)21(38-13(3)32)17(28-29-27)24(39-15)40-20-16(26)19(35-4)22(23(33)34)41-25(20)42-14-8-6-5-7-9-14/h5-9,15-22,24-25H,10,26H2,1-4H3,(H,33,34)/t15-,16+,17-,18-,19+,20-,21-,22+,24-,25+/m1/s1.